The molecule has 1 atom stereocenters. The van der Waals surface area contributed by atoms with E-state index in [0.717, 1.165) is 23.4 Å². The van der Waals surface area contributed by atoms with Crippen LogP contribution in [0, 0.1) is 5.82 Å². The number of hydrogen-bond donors (Lipinski definition) is 2. The highest BCUT2D eigenvalue weighted by Gasteiger charge is 2.24. The molecule has 0 saturated heterocycles. The van der Waals surface area contributed by atoms with Crippen molar-refractivity contribution in [2.45, 2.75) is 12.5 Å². The van der Waals surface area contributed by atoms with E-state index < -0.39 is 5.82 Å². The molecule has 3 nitrogen and oxygen atoms in total. The Morgan fingerprint density at radius 3 is 2.95 bits per heavy atom. The maximum atomic E-state index is 13.2. The predicted octanol–water partition coefficient (Wildman–Crippen LogP) is 3.48. The molecule has 0 spiro atoms. The van der Waals surface area contributed by atoms with Crippen molar-refractivity contribution >= 4 is 23.0 Å². The number of halogens is 2. The molecule has 1 aliphatic rings. The number of anilines is 2. The van der Waals surface area contributed by atoms with Crippen molar-refractivity contribution in [2.24, 2.45) is 5.73 Å². The van der Waals surface area contributed by atoms with Gasteiger partial charge in [0.2, 0.25) is 0 Å². The Kier molecular flexibility index (Phi) is 3.51. The van der Waals surface area contributed by atoms with Crippen LogP contribution < -0.4 is 15.8 Å². The smallest absolute Gasteiger partial charge is 0.146 e. The first-order valence-electron chi connectivity index (χ1n) is 6.38. The van der Waals surface area contributed by atoms with Gasteiger partial charge in [0.05, 0.1) is 10.7 Å². The van der Waals surface area contributed by atoms with E-state index in [1.165, 1.54) is 6.07 Å². The molecule has 1 heterocycles. The Labute approximate surface area is 121 Å². The fourth-order valence-corrected chi connectivity index (χ4v) is 2.48. The van der Waals surface area contributed by atoms with Crippen molar-refractivity contribution in [1.82, 2.24) is 0 Å². The van der Waals surface area contributed by atoms with Crippen molar-refractivity contribution in [1.29, 1.82) is 0 Å². The summed E-state index contributed by atoms with van der Waals surface area (Å²) >= 11 is 5.78. The summed E-state index contributed by atoms with van der Waals surface area (Å²) in [5, 5.41) is 3.29. The maximum Gasteiger partial charge on any atom is 0.146 e. The fourth-order valence-electron chi connectivity index (χ4n) is 2.30. The number of ether oxygens (including phenoxy) is 1. The molecule has 0 saturated carbocycles. The molecule has 3 N–H and O–H groups in total. The quantitative estimate of drug-likeness (QED) is 0.910. The lowest BCUT2D eigenvalue weighted by Gasteiger charge is -2.13. The predicted molar refractivity (Wildman–Crippen MR) is 78.3 cm³/mol. The lowest BCUT2D eigenvalue weighted by molar-refractivity contribution is 0.242. The largest absolute Gasteiger partial charge is 0.486 e. The third-order valence-electron chi connectivity index (χ3n) is 3.29. The third kappa shape index (κ3) is 2.44. The summed E-state index contributed by atoms with van der Waals surface area (Å²) in [7, 11) is 0. The second kappa shape index (κ2) is 5.31. The molecule has 2 aromatic carbocycles. The number of para-hydroxylation sites is 1. The first kappa shape index (κ1) is 13.2. The van der Waals surface area contributed by atoms with Crippen LogP contribution in [0.5, 0.6) is 5.75 Å². The zero-order valence-electron chi connectivity index (χ0n) is 10.7. The van der Waals surface area contributed by atoms with E-state index in [0.29, 0.717) is 12.2 Å². The Balaban J connectivity index is 1.89. The van der Waals surface area contributed by atoms with Crippen molar-refractivity contribution < 1.29 is 9.13 Å². The molecule has 0 amide bonds. The second-order valence-corrected chi connectivity index (χ2v) is 5.13. The summed E-state index contributed by atoms with van der Waals surface area (Å²) in [6.07, 6.45) is 0.829. The number of rotatable bonds is 3. The third-order valence-corrected chi connectivity index (χ3v) is 3.58. The van der Waals surface area contributed by atoms with Gasteiger partial charge in [-0.1, -0.05) is 23.7 Å². The van der Waals surface area contributed by atoms with Gasteiger partial charge in [-0.3, -0.25) is 0 Å². The van der Waals surface area contributed by atoms with Gasteiger partial charge in [0.15, 0.2) is 0 Å². The summed E-state index contributed by atoms with van der Waals surface area (Å²) in [5.41, 5.74) is 8.32. The van der Waals surface area contributed by atoms with Crippen molar-refractivity contribution in [3.05, 3.63) is 52.8 Å². The van der Waals surface area contributed by atoms with E-state index >= 15 is 0 Å². The van der Waals surface area contributed by atoms with Gasteiger partial charge in [-0.2, -0.15) is 0 Å². The minimum absolute atomic E-state index is 0.0183. The molecule has 1 aliphatic heterocycles. The summed E-state index contributed by atoms with van der Waals surface area (Å²) in [6, 6.07) is 10.4. The molecule has 5 heteroatoms. The monoisotopic (exact) mass is 292 g/mol. The Hall–Kier alpha value is -1.78. The number of fused-ring (bicyclic) bond motifs is 1. The highest BCUT2D eigenvalue weighted by Crippen LogP contribution is 2.37. The topological polar surface area (TPSA) is 47.3 Å². The molecule has 0 aromatic heterocycles. The highest BCUT2D eigenvalue weighted by molar-refractivity contribution is 6.31. The van der Waals surface area contributed by atoms with Gasteiger partial charge in [0.25, 0.3) is 0 Å². The van der Waals surface area contributed by atoms with Crippen LogP contribution in [0.4, 0.5) is 15.8 Å². The van der Waals surface area contributed by atoms with Gasteiger partial charge in [-0.15, -0.1) is 0 Å². The van der Waals surface area contributed by atoms with Gasteiger partial charge >= 0.3 is 0 Å². The number of hydrogen-bond acceptors (Lipinski definition) is 3. The minimum atomic E-state index is -0.435. The number of nitrogens with one attached hydrogen (secondary N) is 1. The zero-order chi connectivity index (χ0) is 14.1. The van der Waals surface area contributed by atoms with Crippen LogP contribution in [0.1, 0.15) is 5.56 Å². The van der Waals surface area contributed by atoms with E-state index in [1.807, 2.05) is 18.2 Å². The fraction of sp³-hybridized carbons (Fsp3) is 0.200. The van der Waals surface area contributed by atoms with Crippen molar-refractivity contribution in [3.8, 4) is 5.75 Å². The SMILES string of the molecule is NCC1Cc2cccc(Nc3ccc(F)c(Cl)c3)c2O1. The van der Waals surface area contributed by atoms with E-state index in [9.17, 15) is 4.39 Å². The van der Waals surface area contributed by atoms with Crippen molar-refractivity contribution in [3.63, 3.8) is 0 Å². The van der Waals surface area contributed by atoms with Gasteiger partial charge in [-0.05, 0) is 24.3 Å². The van der Waals surface area contributed by atoms with E-state index in [-0.39, 0.29) is 11.1 Å². The molecule has 2 aromatic rings. The Morgan fingerprint density at radius 2 is 2.20 bits per heavy atom. The molecular formula is C15H14ClFN2O. The molecule has 1 unspecified atom stereocenters. The normalized spacial score (nSPS) is 16.6. The summed E-state index contributed by atoms with van der Waals surface area (Å²) in [5.74, 6) is 0.373. The van der Waals surface area contributed by atoms with Crippen LogP contribution in [-0.2, 0) is 6.42 Å². The molecule has 3 rings (SSSR count). The van der Waals surface area contributed by atoms with Gasteiger partial charge in [0.1, 0.15) is 17.7 Å². The van der Waals surface area contributed by atoms with Crippen LogP contribution in [0.3, 0.4) is 0 Å². The summed E-state index contributed by atoms with van der Waals surface area (Å²) < 4.78 is 19.0. The molecule has 20 heavy (non-hydrogen) atoms. The van der Waals surface area contributed by atoms with Crippen LogP contribution in [0.2, 0.25) is 5.02 Å². The van der Waals surface area contributed by atoms with E-state index in [2.05, 4.69) is 5.32 Å². The lowest BCUT2D eigenvalue weighted by Crippen LogP contribution is -2.24. The average molecular weight is 293 g/mol. The van der Waals surface area contributed by atoms with Crippen LogP contribution in [0.25, 0.3) is 0 Å². The van der Waals surface area contributed by atoms with Crippen LogP contribution >= 0.6 is 11.6 Å². The first-order chi connectivity index (χ1) is 9.67. The molecule has 0 fully saturated rings. The molecule has 104 valence electrons. The van der Waals surface area contributed by atoms with Gasteiger partial charge < -0.3 is 15.8 Å². The summed E-state index contributed by atoms with van der Waals surface area (Å²) in [4.78, 5) is 0. The maximum absolute atomic E-state index is 13.2. The van der Waals surface area contributed by atoms with Crippen LogP contribution in [0.15, 0.2) is 36.4 Å². The van der Waals surface area contributed by atoms with E-state index in [1.54, 1.807) is 12.1 Å². The average Bonchev–Trinajstić information content (AvgIpc) is 2.87. The Bertz CT molecular complexity index is 648. The lowest BCUT2D eigenvalue weighted by atomic mass is 10.1. The molecule has 0 bridgehead atoms. The van der Waals surface area contributed by atoms with Crippen LogP contribution in [-0.4, -0.2) is 12.6 Å². The van der Waals surface area contributed by atoms with E-state index in [4.69, 9.17) is 22.1 Å². The first-order valence-corrected chi connectivity index (χ1v) is 6.76. The Morgan fingerprint density at radius 1 is 1.35 bits per heavy atom. The number of benzene rings is 2. The zero-order valence-corrected chi connectivity index (χ0v) is 11.5. The highest BCUT2D eigenvalue weighted by atomic mass is 35.5. The number of nitrogens with two attached hydrogens (primary N) is 1. The van der Waals surface area contributed by atoms with Crippen molar-refractivity contribution in [2.75, 3.05) is 11.9 Å². The molecule has 0 aliphatic carbocycles. The second-order valence-electron chi connectivity index (χ2n) is 4.73. The molecular weight excluding hydrogens is 279 g/mol. The standard InChI is InChI=1S/C15H14ClFN2O/c16-12-7-10(4-5-13(12)17)19-14-3-1-2-9-6-11(8-18)20-15(9)14/h1-5,7,11,19H,6,8,18H2. The molecule has 0 radical (unpaired) electrons. The summed E-state index contributed by atoms with van der Waals surface area (Å²) in [6.45, 7) is 0.483. The van der Waals surface area contributed by atoms with Gasteiger partial charge in [-0.25, -0.2) is 4.39 Å². The van der Waals surface area contributed by atoms with Gasteiger partial charge in [0, 0.05) is 24.2 Å². The minimum Gasteiger partial charge on any atom is -0.486 e.